The number of ether oxygens (including phenoxy) is 1. The number of rotatable bonds is 5. The van der Waals surface area contributed by atoms with Crippen LogP contribution in [0.1, 0.15) is 5.56 Å². The standard InChI is InChI=1S/C27H26N4O3/c32-27(28-26-24-8-4-5-9-25(24)34-29-26)31-17-20-15-30(16-21(20)18-31)14-19-10-12-23(13-11-19)33-22-6-2-1-3-7-22/h1-13,20-21H,14-18H2,(H,28,29,32)/t20-,21+. The lowest BCUT2D eigenvalue weighted by atomic mass is 10.0. The number of hydrogen-bond acceptors (Lipinski definition) is 5. The Labute approximate surface area is 197 Å². The maximum Gasteiger partial charge on any atom is 0.323 e. The van der Waals surface area contributed by atoms with E-state index in [1.807, 2.05) is 71.6 Å². The summed E-state index contributed by atoms with van der Waals surface area (Å²) in [5.74, 6) is 3.17. The molecule has 0 bridgehead atoms. The van der Waals surface area contributed by atoms with Crippen LogP contribution in [0.3, 0.4) is 0 Å². The van der Waals surface area contributed by atoms with Crippen LogP contribution in [-0.4, -0.2) is 47.2 Å². The third-order valence-electron chi connectivity index (χ3n) is 6.76. The van der Waals surface area contributed by atoms with Gasteiger partial charge in [0, 0.05) is 32.7 Å². The van der Waals surface area contributed by atoms with E-state index in [2.05, 4.69) is 27.5 Å². The highest BCUT2D eigenvalue weighted by Crippen LogP contribution is 2.33. The average molecular weight is 455 g/mol. The second-order valence-electron chi connectivity index (χ2n) is 9.14. The molecule has 2 aliphatic rings. The van der Waals surface area contributed by atoms with Crippen LogP contribution in [0.5, 0.6) is 11.5 Å². The van der Waals surface area contributed by atoms with Crippen molar-refractivity contribution in [2.24, 2.45) is 11.8 Å². The SMILES string of the molecule is O=C(Nc1noc2ccccc12)N1C[C@H]2CN(Cc3ccc(Oc4ccccc4)cc3)C[C@H]2C1. The Morgan fingerprint density at radius 2 is 1.56 bits per heavy atom. The molecule has 1 aromatic heterocycles. The van der Waals surface area contributed by atoms with E-state index in [0.717, 1.165) is 49.6 Å². The number of anilines is 1. The van der Waals surface area contributed by atoms with Gasteiger partial charge < -0.3 is 14.2 Å². The van der Waals surface area contributed by atoms with Crippen molar-refractivity contribution in [3.8, 4) is 11.5 Å². The normalized spacial score (nSPS) is 19.9. The summed E-state index contributed by atoms with van der Waals surface area (Å²) in [4.78, 5) is 17.2. The average Bonchev–Trinajstić information content (AvgIpc) is 3.55. The lowest BCUT2D eigenvalue weighted by Gasteiger charge is -2.21. The third kappa shape index (κ3) is 4.22. The first-order valence-corrected chi connectivity index (χ1v) is 11.7. The minimum atomic E-state index is -0.103. The number of amides is 2. The minimum Gasteiger partial charge on any atom is -0.457 e. The number of nitrogens with one attached hydrogen (secondary N) is 1. The molecule has 0 spiro atoms. The van der Waals surface area contributed by atoms with Crippen LogP contribution in [0.2, 0.25) is 0 Å². The fourth-order valence-corrected chi connectivity index (χ4v) is 5.09. The number of benzene rings is 3. The second kappa shape index (κ2) is 8.83. The number of hydrogen-bond donors (Lipinski definition) is 1. The van der Waals surface area contributed by atoms with Gasteiger partial charge in [0.2, 0.25) is 0 Å². The fraction of sp³-hybridized carbons (Fsp3) is 0.259. The molecule has 172 valence electrons. The number of urea groups is 1. The third-order valence-corrected chi connectivity index (χ3v) is 6.76. The quantitative estimate of drug-likeness (QED) is 0.448. The molecule has 34 heavy (non-hydrogen) atoms. The smallest absolute Gasteiger partial charge is 0.323 e. The summed E-state index contributed by atoms with van der Waals surface area (Å²) < 4.78 is 11.2. The summed E-state index contributed by atoms with van der Waals surface area (Å²) in [6, 6.07) is 25.6. The molecule has 0 saturated carbocycles. The Bertz CT molecular complexity index is 1270. The summed E-state index contributed by atoms with van der Waals surface area (Å²) in [5.41, 5.74) is 1.94. The van der Waals surface area contributed by atoms with E-state index in [0.29, 0.717) is 23.2 Å². The molecule has 2 saturated heterocycles. The molecule has 3 aromatic carbocycles. The van der Waals surface area contributed by atoms with Crippen molar-refractivity contribution in [1.29, 1.82) is 0 Å². The highest BCUT2D eigenvalue weighted by molar-refractivity contribution is 5.98. The van der Waals surface area contributed by atoms with Gasteiger partial charge in [-0.3, -0.25) is 10.2 Å². The van der Waals surface area contributed by atoms with Crippen LogP contribution < -0.4 is 10.1 Å². The molecule has 0 unspecified atom stereocenters. The second-order valence-corrected chi connectivity index (χ2v) is 9.14. The highest BCUT2D eigenvalue weighted by Gasteiger charge is 2.41. The Kier molecular flexibility index (Phi) is 5.39. The lowest BCUT2D eigenvalue weighted by molar-refractivity contribution is 0.211. The summed E-state index contributed by atoms with van der Waals surface area (Å²) in [6.07, 6.45) is 0. The largest absolute Gasteiger partial charge is 0.457 e. The molecule has 7 heteroatoms. The number of likely N-dealkylation sites (tertiary alicyclic amines) is 2. The van der Waals surface area contributed by atoms with Crippen LogP contribution in [-0.2, 0) is 6.54 Å². The minimum absolute atomic E-state index is 0.103. The Balaban J connectivity index is 1.01. The topological polar surface area (TPSA) is 70.8 Å². The Morgan fingerprint density at radius 3 is 2.32 bits per heavy atom. The summed E-state index contributed by atoms with van der Waals surface area (Å²) in [6.45, 7) is 4.46. The zero-order valence-electron chi connectivity index (χ0n) is 18.8. The van der Waals surface area contributed by atoms with Crippen molar-refractivity contribution in [3.05, 3.63) is 84.4 Å². The zero-order chi connectivity index (χ0) is 22.9. The van der Waals surface area contributed by atoms with E-state index in [9.17, 15) is 4.79 Å². The number of carbonyl (C=O) groups is 1. The number of aromatic nitrogens is 1. The lowest BCUT2D eigenvalue weighted by Crippen LogP contribution is -2.36. The molecule has 2 atom stereocenters. The van der Waals surface area contributed by atoms with E-state index < -0.39 is 0 Å². The van der Waals surface area contributed by atoms with Gasteiger partial charge in [0.05, 0.1) is 5.39 Å². The molecule has 6 rings (SSSR count). The summed E-state index contributed by atoms with van der Waals surface area (Å²) in [5, 5.41) is 7.76. The molecule has 2 fully saturated rings. The number of carbonyl (C=O) groups excluding carboxylic acids is 1. The molecular formula is C27H26N4O3. The van der Waals surface area contributed by atoms with Gasteiger partial charge in [0.15, 0.2) is 11.4 Å². The van der Waals surface area contributed by atoms with Gasteiger partial charge in [0.25, 0.3) is 0 Å². The number of para-hydroxylation sites is 2. The first-order chi connectivity index (χ1) is 16.7. The number of nitrogens with zero attached hydrogens (tertiary/aromatic N) is 3. The van der Waals surface area contributed by atoms with Crippen molar-refractivity contribution >= 4 is 22.8 Å². The first-order valence-electron chi connectivity index (χ1n) is 11.7. The van der Waals surface area contributed by atoms with E-state index in [1.54, 1.807) is 0 Å². The first kappa shape index (κ1) is 20.7. The van der Waals surface area contributed by atoms with Gasteiger partial charge in [-0.15, -0.1) is 0 Å². The predicted molar refractivity (Wildman–Crippen MR) is 130 cm³/mol. The van der Waals surface area contributed by atoms with E-state index in [4.69, 9.17) is 9.26 Å². The van der Waals surface area contributed by atoms with Crippen molar-refractivity contribution < 1.29 is 14.1 Å². The fourth-order valence-electron chi connectivity index (χ4n) is 5.09. The van der Waals surface area contributed by atoms with Gasteiger partial charge in [-0.25, -0.2) is 4.79 Å². The molecule has 4 aromatic rings. The van der Waals surface area contributed by atoms with Gasteiger partial charge in [0.1, 0.15) is 11.5 Å². The van der Waals surface area contributed by atoms with Crippen LogP contribution in [0.25, 0.3) is 11.0 Å². The maximum atomic E-state index is 12.8. The van der Waals surface area contributed by atoms with Crippen molar-refractivity contribution in [2.75, 3.05) is 31.5 Å². The van der Waals surface area contributed by atoms with Crippen molar-refractivity contribution in [1.82, 2.24) is 15.0 Å². The summed E-state index contributed by atoms with van der Waals surface area (Å²) in [7, 11) is 0. The van der Waals surface area contributed by atoms with Crippen molar-refractivity contribution in [2.45, 2.75) is 6.54 Å². The van der Waals surface area contributed by atoms with Gasteiger partial charge in [-0.2, -0.15) is 0 Å². The van der Waals surface area contributed by atoms with E-state index in [1.165, 1.54) is 5.56 Å². The van der Waals surface area contributed by atoms with Gasteiger partial charge >= 0.3 is 6.03 Å². The van der Waals surface area contributed by atoms with Crippen LogP contribution >= 0.6 is 0 Å². The Hall–Kier alpha value is -3.84. The Morgan fingerprint density at radius 1 is 0.882 bits per heavy atom. The molecule has 7 nitrogen and oxygen atoms in total. The van der Waals surface area contributed by atoms with Crippen LogP contribution in [0, 0.1) is 11.8 Å². The molecule has 2 aliphatic heterocycles. The van der Waals surface area contributed by atoms with Crippen LogP contribution in [0.15, 0.2) is 83.4 Å². The molecule has 2 amide bonds. The molecule has 0 radical (unpaired) electrons. The zero-order valence-corrected chi connectivity index (χ0v) is 18.8. The van der Waals surface area contributed by atoms with E-state index >= 15 is 0 Å². The predicted octanol–water partition coefficient (Wildman–Crippen LogP) is 5.22. The molecule has 1 N–H and O–H groups in total. The highest BCUT2D eigenvalue weighted by atomic mass is 16.5. The van der Waals surface area contributed by atoms with Gasteiger partial charge in [-0.05, 0) is 53.8 Å². The maximum absolute atomic E-state index is 12.8. The van der Waals surface area contributed by atoms with E-state index in [-0.39, 0.29) is 6.03 Å². The monoisotopic (exact) mass is 454 g/mol. The van der Waals surface area contributed by atoms with Crippen LogP contribution in [0.4, 0.5) is 10.6 Å². The number of fused-ring (bicyclic) bond motifs is 2. The molecular weight excluding hydrogens is 428 g/mol. The van der Waals surface area contributed by atoms with Gasteiger partial charge in [-0.1, -0.05) is 47.6 Å². The van der Waals surface area contributed by atoms with Crippen molar-refractivity contribution in [3.63, 3.8) is 0 Å². The summed E-state index contributed by atoms with van der Waals surface area (Å²) >= 11 is 0. The molecule has 3 heterocycles. The molecule has 0 aliphatic carbocycles.